The lowest BCUT2D eigenvalue weighted by atomic mass is 9.75. The zero-order valence-corrected chi connectivity index (χ0v) is 12.2. The van der Waals surface area contributed by atoms with Gasteiger partial charge in [0.2, 0.25) is 0 Å². The summed E-state index contributed by atoms with van der Waals surface area (Å²) in [5.74, 6) is 0. The summed E-state index contributed by atoms with van der Waals surface area (Å²) in [6.45, 7) is 0. The molecule has 1 unspecified atom stereocenters. The monoisotopic (exact) mass is 294 g/mol. The van der Waals surface area contributed by atoms with E-state index in [-0.39, 0.29) is 0 Å². The van der Waals surface area contributed by atoms with E-state index in [1.807, 2.05) is 31.3 Å². The van der Waals surface area contributed by atoms with Crippen molar-refractivity contribution in [1.29, 1.82) is 0 Å². The van der Waals surface area contributed by atoms with E-state index in [0.717, 1.165) is 37.0 Å². The lowest BCUT2D eigenvalue weighted by Gasteiger charge is -2.39. The molecule has 1 aliphatic rings. The molecule has 1 aromatic rings. The summed E-state index contributed by atoms with van der Waals surface area (Å²) in [5, 5.41) is 8.23. The standard InChI is InChI=1S/C14H19ClN4O/c1-17-14(10-6-2-3-7-11(10)15)9-5-4-8-12(14)18-19-13(16)20/h2-3,6-7,17H,4-5,8-9H2,1H3,(H3,16,19,20). The van der Waals surface area contributed by atoms with Crippen molar-refractivity contribution in [2.45, 2.75) is 31.2 Å². The van der Waals surface area contributed by atoms with E-state index in [1.165, 1.54) is 0 Å². The average Bonchev–Trinajstić information content (AvgIpc) is 2.46. The summed E-state index contributed by atoms with van der Waals surface area (Å²) in [6, 6.07) is 7.05. The van der Waals surface area contributed by atoms with Crippen LogP contribution >= 0.6 is 11.6 Å². The molecule has 4 N–H and O–H groups in total. The molecule has 2 amide bonds. The first kappa shape index (κ1) is 14.8. The van der Waals surface area contributed by atoms with Crippen LogP contribution in [0.2, 0.25) is 5.02 Å². The maximum atomic E-state index is 10.9. The van der Waals surface area contributed by atoms with Crippen molar-refractivity contribution in [2.75, 3.05) is 7.05 Å². The van der Waals surface area contributed by atoms with Gasteiger partial charge in [0.05, 0.1) is 11.3 Å². The summed E-state index contributed by atoms with van der Waals surface area (Å²) in [7, 11) is 1.88. The highest BCUT2D eigenvalue weighted by Crippen LogP contribution is 2.38. The van der Waals surface area contributed by atoms with Crippen LogP contribution in [0.15, 0.2) is 29.4 Å². The molecule has 1 atom stereocenters. The minimum atomic E-state index is -0.660. The van der Waals surface area contributed by atoms with Crippen molar-refractivity contribution >= 4 is 23.3 Å². The van der Waals surface area contributed by atoms with Crippen molar-refractivity contribution in [2.24, 2.45) is 10.8 Å². The van der Waals surface area contributed by atoms with Crippen molar-refractivity contribution in [3.8, 4) is 0 Å². The Kier molecular flexibility index (Phi) is 4.62. The van der Waals surface area contributed by atoms with Crippen LogP contribution in [-0.2, 0) is 5.54 Å². The minimum absolute atomic E-state index is 0.445. The summed E-state index contributed by atoms with van der Waals surface area (Å²) in [5.41, 5.74) is 8.84. The van der Waals surface area contributed by atoms with Crippen LogP contribution < -0.4 is 16.5 Å². The van der Waals surface area contributed by atoms with Gasteiger partial charge in [0.1, 0.15) is 0 Å². The van der Waals surface area contributed by atoms with E-state index >= 15 is 0 Å². The molecular weight excluding hydrogens is 276 g/mol. The smallest absolute Gasteiger partial charge is 0.332 e. The second-order valence-corrected chi connectivity index (χ2v) is 5.28. The third-order valence-electron chi connectivity index (χ3n) is 3.77. The molecule has 1 saturated carbocycles. The number of carbonyl (C=O) groups excluding carboxylic acids is 1. The van der Waals surface area contributed by atoms with Gasteiger partial charge in [-0.25, -0.2) is 10.2 Å². The lowest BCUT2D eigenvalue weighted by molar-refractivity contribution is 0.249. The molecule has 0 heterocycles. The number of benzene rings is 1. The van der Waals surface area contributed by atoms with Gasteiger partial charge in [0, 0.05) is 5.02 Å². The zero-order chi connectivity index (χ0) is 14.6. The van der Waals surface area contributed by atoms with Crippen LogP contribution in [0.3, 0.4) is 0 Å². The fourth-order valence-corrected chi connectivity index (χ4v) is 3.11. The molecule has 2 rings (SSSR count). The normalized spacial score (nSPS) is 24.6. The molecule has 0 saturated heterocycles. The number of nitrogens with one attached hydrogen (secondary N) is 2. The Hall–Kier alpha value is -1.59. The van der Waals surface area contributed by atoms with Gasteiger partial charge in [-0.2, -0.15) is 5.10 Å². The summed E-state index contributed by atoms with van der Waals surface area (Å²) in [6.07, 6.45) is 3.79. The van der Waals surface area contributed by atoms with E-state index in [0.29, 0.717) is 5.02 Å². The number of amides is 2. The first-order chi connectivity index (χ1) is 9.60. The van der Waals surface area contributed by atoms with Crippen LogP contribution in [0, 0.1) is 0 Å². The number of primary amides is 1. The Balaban J connectivity index is 2.47. The number of urea groups is 1. The highest BCUT2D eigenvalue weighted by Gasteiger charge is 2.39. The van der Waals surface area contributed by atoms with Gasteiger partial charge in [-0.05, 0) is 37.9 Å². The Bertz CT molecular complexity index is 532. The predicted molar refractivity (Wildman–Crippen MR) is 80.8 cm³/mol. The fourth-order valence-electron chi connectivity index (χ4n) is 2.82. The molecule has 1 aliphatic carbocycles. The molecule has 0 radical (unpaired) electrons. The highest BCUT2D eigenvalue weighted by molar-refractivity contribution is 6.31. The van der Waals surface area contributed by atoms with Crippen LogP contribution in [0.5, 0.6) is 0 Å². The SMILES string of the molecule is CNC1(c2ccccc2Cl)CCCCC1=NNC(N)=O. The van der Waals surface area contributed by atoms with Gasteiger partial charge in [0.25, 0.3) is 0 Å². The zero-order valence-electron chi connectivity index (χ0n) is 11.4. The van der Waals surface area contributed by atoms with Crippen LogP contribution in [0.4, 0.5) is 4.79 Å². The number of nitrogens with two attached hydrogens (primary N) is 1. The summed E-state index contributed by atoms with van der Waals surface area (Å²) >= 11 is 6.35. The largest absolute Gasteiger partial charge is 0.350 e. The topological polar surface area (TPSA) is 79.5 Å². The number of hydrazone groups is 1. The molecule has 0 spiro atoms. The quantitative estimate of drug-likeness (QED) is 0.748. The molecular formula is C14H19ClN4O. The molecule has 0 aliphatic heterocycles. The third kappa shape index (κ3) is 2.78. The van der Waals surface area contributed by atoms with Gasteiger partial charge in [-0.1, -0.05) is 36.2 Å². The number of rotatable bonds is 3. The first-order valence-corrected chi connectivity index (χ1v) is 7.04. The Morgan fingerprint density at radius 3 is 2.80 bits per heavy atom. The van der Waals surface area contributed by atoms with Crippen molar-refractivity contribution < 1.29 is 4.79 Å². The minimum Gasteiger partial charge on any atom is -0.350 e. The predicted octanol–water partition coefficient (Wildman–Crippen LogP) is 2.35. The fraction of sp³-hybridized carbons (Fsp3) is 0.429. The molecule has 108 valence electrons. The van der Waals surface area contributed by atoms with Crippen molar-refractivity contribution in [3.05, 3.63) is 34.9 Å². The van der Waals surface area contributed by atoms with Gasteiger partial charge in [-0.3, -0.25) is 0 Å². The molecule has 20 heavy (non-hydrogen) atoms. The van der Waals surface area contributed by atoms with E-state index in [9.17, 15) is 4.79 Å². The molecule has 0 aromatic heterocycles. The van der Waals surface area contributed by atoms with Crippen LogP contribution in [0.1, 0.15) is 31.2 Å². The van der Waals surface area contributed by atoms with Gasteiger partial charge < -0.3 is 11.1 Å². The van der Waals surface area contributed by atoms with Crippen molar-refractivity contribution in [3.63, 3.8) is 0 Å². The molecule has 1 aromatic carbocycles. The Morgan fingerprint density at radius 1 is 1.40 bits per heavy atom. The van der Waals surface area contributed by atoms with E-state index in [4.69, 9.17) is 17.3 Å². The third-order valence-corrected chi connectivity index (χ3v) is 4.10. The second kappa shape index (κ2) is 6.24. The van der Waals surface area contributed by atoms with E-state index in [1.54, 1.807) is 0 Å². The van der Waals surface area contributed by atoms with E-state index < -0.39 is 11.6 Å². The number of halogens is 1. The van der Waals surface area contributed by atoms with Crippen molar-refractivity contribution in [1.82, 2.24) is 10.7 Å². The average molecular weight is 295 g/mol. The summed E-state index contributed by atoms with van der Waals surface area (Å²) in [4.78, 5) is 10.9. The van der Waals surface area contributed by atoms with Gasteiger partial charge in [0.15, 0.2) is 0 Å². The lowest BCUT2D eigenvalue weighted by Crippen LogP contribution is -2.50. The Morgan fingerprint density at radius 2 is 2.15 bits per heavy atom. The molecule has 6 heteroatoms. The van der Waals surface area contributed by atoms with Gasteiger partial charge in [-0.15, -0.1) is 0 Å². The maximum absolute atomic E-state index is 10.9. The van der Waals surface area contributed by atoms with E-state index in [2.05, 4.69) is 15.8 Å². The van der Waals surface area contributed by atoms with Crippen LogP contribution in [-0.4, -0.2) is 18.8 Å². The Labute approximate surface area is 123 Å². The van der Waals surface area contributed by atoms with Crippen LogP contribution in [0.25, 0.3) is 0 Å². The van der Waals surface area contributed by atoms with Gasteiger partial charge >= 0.3 is 6.03 Å². The maximum Gasteiger partial charge on any atom is 0.332 e. The summed E-state index contributed by atoms with van der Waals surface area (Å²) < 4.78 is 0. The second-order valence-electron chi connectivity index (χ2n) is 4.88. The number of nitrogens with zero attached hydrogens (tertiary/aromatic N) is 1. The number of hydrogen-bond donors (Lipinski definition) is 3. The molecule has 5 nitrogen and oxygen atoms in total. The first-order valence-electron chi connectivity index (χ1n) is 6.66. The highest BCUT2D eigenvalue weighted by atomic mass is 35.5. The molecule has 0 bridgehead atoms. The number of hydrogen-bond acceptors (Lipinski definition) is 3. The number of carbonyl (C=O) groups is 1. The molecule has 1 fully saturated rings.